The third-order valence-electron chi connectivity index (χ3n) is 2.44. The van der Waals surface area contributed by atoms with Gasteiger partial charge >= 0.3 is 5.97 Å². The highest BCUT2D eigenvalue weighted by atomic mass is 32.2. The summed E-state index contributed by atoms with van der Waals surface area (Å²) in [4.78, 5) is 11.1. The largest absolute Gasteiger partial charge is 0.478 e. The lowest BCUT2D eigenvalue weighted by Gasteiger charge is -2.06. The number of halogens is 1. The maximum Gasteiger partial charge on any atom is 0.336 e. The van der Waals surface area contributed by atoms with Crippen LogP contribution in [0.5, 0.6) is 0 Å². The Morgan fingerprint density at radius 3 is 2.72 bits per heavy atom. The summed E-state index contributed by atoms with van der Waals surface area (Å²) >= 11 is 0.950. The van der Waals surface area contributed by atoms with Crippen LogP contribution < -0.4 is 0 Å². The van der Waals surface area contributed by atoms with E-state index in [0.29, 0.717) is 11.0 Å². The molecule has 0 saturated heterocycles. The van der Waals surface area contributed by atoms with E-state index in [1.165, 1.54) is 18.2 Å². The highest BCUT2D eigenvalue weighted by molar-refractivity contribution is 7.99. The minimum Gasteiger partial charge on any atom is -0.478 e. The Bertz CT molecular complexity index is 612. The molecule has 1 aromatic heterocycles. The van der Waals surface area contributed by atoms with E-state index in [1.807, 2.05) is 0 Å². The normalized spacial score (nSPS) is 10.6. The van der Waals surface area contributed by atoms with Gasteiger partial charge in [-0.2, -0.15) is 0 Å². The summed E-state index contributed by atoms with van der Waals surface area (Å²) in [5, 5.41) is 17.2. The standard InChI is InChI=1S/C11H10FN3O2S/c1-6-13-14-11(15(6)2)18-9-7(10(16)17)4-3-5-8(9)12/h3-5H,1-2H3,(H,16,17). The molecule has 0 saturated carbocycles. The Balaban J connectivity index is 2.46. The van der Waals surface area contributed by atoms with Crippen molar-refractivity contribution >= 4 is 17.7 Å². The van der Waals surface area contributed by atoms with Gasteiger partial charge < -0.3 is 9.67 Å². The van der Waals surface area contributed by atoms with Crippen LogP contribution in [0.1, 0.15) is 16.2 Å². The summed E-state index contributed by atoms with van der Waals surface area (Å²) in [5.41, 5.74) is -0.0827. The lowest BCUT2D eigenvalue weighted by atomic mass is 10.2. The van der Waals surface area contributed by atoms with Crippen molar-refractivity contribution in [2.75, 3.05) is 0 Å². The van der Waals surface area contributed by atoms with Crippen LogP contribution in [0, 0.1) is 12.7 Å². The third kappa shape index (κ3) is 2.21. The van der Waals surface area contributed by atoms with E-state index < -0.39 is 11.8 Å². The van der Waals surface area contributed by atoms with Gasteiger partial charge in [0.1, 0.15) is 11.6 Å². The zero-order valence-corrected chi connectivity index (χ0v) is 10.5. The van der Waals surface area contributed by atoms with E-state index in [2.05, 4.69) is 10.2 Å². The maximum absolute atomic E-state index is 13.7. The van der Waals surface area contributed by atoms with E-state index >= 15 is 0 Å². The number of carboxylic acids is 1. The zero-order chi connectivity index (χ0) is 13.3. The molecule has 0 fully saturated rings. The van der Waals surface area contributed by atoms with Crippen LogP contribution in [0.2, 0.25) is 0 Å². The van der Waals surface area contributed by atoms with Crippen molar-refractivity contribution in [1.82, 2.24) is 14.8 Å². The SMILES string of the molecule is Cc1nnc(Sc2c(F)cccc2C(=O)O)n1C. The number of benzene rings is 1. The predicted molar refractivity (Wildman–Crippen MR) is 63.2 cm³/mol. The molecule has 5 nitrogen and oxygen atoms in total. The van der Waals surface area contributed by atoms with Gasteiger partial charge in [-0.15, -0.1) is 10.2 Å². The summed E-state index contributed by atoms with van der Waals surface area (Å²) in [5.74, 6) is -1.08. The van der Waals surface area contributed by atoms with Crippen LogP contribution in [0.15, 0.2) is 28.3 Å². The van der Waals surface area contributed by atoms with E-state index in [9.17, 15) is 9.18 Å². The Morgan fingerprint density at radius 2 is 2.17 bits per heavy atom. The first-order valence-corrected chi connectivity index (χ1v) is 5.88. The maximum atomic E-state index is 13.7. The van der Waals surface area contributed by atoms with Crippen molar-refractivity contribution in [2.24, 2.45) is 7.05 Å². The van der Waals surface area contributed by atoms with Crippen molar-refractivity contribution in [3.63, 3.8) is 0 Å². The first-order valence-electron chi connectivity index (χ1n) is 5.06. The molecular weight excluding hydrogens is 257 g/mol. The highest BCUT2D eigenvalue weighted by Crippen LogP contribution is 2.31. The van der Waals surface area contributed by atoms with Gasteiger partial charge in [0.05, 0.1) is 10.5 Å². The molecule has 0 amide bonds. The average Bonchev–Trinajstić information content (AvgIpc) is 2.63. The Hall–Kier alpha value is -1.89. The predicted octanol–water partition coefficient (Wildman–Crippen LogP) is 2.11. The molecule has 18 heavy (non-hydrogen) atoms. The van der Waals surface area contributed by atoms with Gasteiger partial charge in [-0.3, -0.25) is 0 Å². The molecule has 7 heteroatoms. The van der Waals surface area contributed by atoms with Crippen LogP contribution >= 0.6 is 11.8 Å². The molecule has 1 aromatic carbocycles. The summed E-state index contributed by atoms with van der Waals surface area (Å²) in [6.07, 6.45) is 0. The Kier molecular flexibility index (Phi) is 3.33. The lowest BCUT2D eigenvalue weighted by molar-refractivity contribution is 0.0692. The van der Waals surface area contributed by atoms with Crippen LogP contribution in [0.25, 0.3) is 0 Å². The minimum atomic E-state index is -1.17. The fourth-order valence-corrected chi connectivity index (χ4v) is 2.31. The van der Waals surface area contributed by atoms with Gasteiger partial charge in [0.2, 0.25) is 0 Å². The molecule has 0 atom stereocenters. The molecule has 0 aliphatic carbocycles. The highest BCUT2D eigenvalue weighted by Gasteiger charge is 2.18. The van der Waals surface area contributed by atoms with E-state index in [0.717, 1.165) is 11.8 Å². The van der Waals surface area contributed by atoms with Gasteiger partial charge in [-0.1, -0.05) is 6.07 Å². The molecule has 0 aliphatic rings. The third-order valence-corrected chi connectivity index (χ3v) is 3.60. The van der Waals surface area contributed by atoms with Crippen LogP contribution in [0.3, 0.4) is 0 Å². The van der Waals surface area contributed by atoms with Crippen molar-refractivity contribution in [1.29, 1.82) is 0 Å². The first-order chi connectivity index (χ1) is 8.50. The van der Waals surface area contributed by atoms with E-state index in [-0.39, 0.29) is 10.5 Å². The number of rotatable bonds is 3. The quantitative estimate of drug-likeness (QED) is 0.922. The molecule has 2 aromatic rings. The topological polar surface area (TPSA) is 68.0 Å². The molecule has 0 spiro atoms. The summed E-state index contributed by atoms with van der Waals surface area (Å²) in [6, 6.07) is 3.94. The Morgan fingerprint density at radius 1 is 1.44 bits per heavy atom. The van der Waals surface area contributed by atoms with Crippen molar-refractivity contribution in [2.45, 2.75) is 17.0 Å². The molecule has 2 rings (SSSR count). The Labute approximate surface area is 107 Å². The number of aryl methyl sites for hydroxylation is 1. The van der Waals surface area contributed by atoms with Gasteiger partial charge in [-0.25, -0.2) is 9.18 Å². The number of carbonyl (C=O) groups is 1. The van der Waals surface area contributed by atoms with Gasteiger partial charge in [0.15, 0.2) is 5.16 Å². The summed E-state index contributed by atoms with van der Waals surface area (Å²) < 4.78 is 15.4. The molecule has 0 radical (unpaired) electrons. The summed E-state index contributed by atoms with van der Waals surface area (Å²) in [7, 11) is 1.74. The van der Waals surface area contributed by atoms with Crippen molar-refractivity contribution in [3.8, 4) is 0 Å². The first kappa shape index (κ1) is 12.6. The average molecular weight is 267 g/mol. The molecule has 0 unspecified atom stereocenters. The van der Waals surface area contributed by atoms with E-state index in [4.69, 9.17) is 5.11 Å². The lowest BCUT2D eigenvalue weighted by Crippen LogP contribution is -2.02. The molecule has 94 valence electrons. The fourth-order valence-electron chi connectivity index (χ4n) is 1.35. The molecule has 1 N–H and O–H groups in total. The number of carboxylic acid groups (broad SMARTS) is 1. The number of nitrogens with zero attached hydrogens (tertiary/aromatic N) is 3. The molecule has 0 bridgehead atoms. The second-order valence-electron chi connectivity index (χ2n) is 3.61. The summed E-state index contributed by atoms with van der Waals surface area (Å²) in [6.45, 7) is 1.76. The van der Waals surface area contributed by atoms with Crippen molar-refractivity contribution in [3.05, 3.63) is 35.4 Å². The minimum absolute atomic E-state index is 0.0421. The molecule has 0 aliphatic heterocycles. The number of hydrogen-bond donors (Lipinski definition) is 1. The number of aromatic nitrogens is 3. The monoisotopic (exact) mass is 267 g/mol. The van der Waals surface area contributed by atoms with Gasteiger partial charge in [0, 0.05) is 7.05 Å². The second-order valence-corrected chi connectivity index (χ2v) is 4.59. The van der Waals surface area contributed by atoms with Crippen LogP contribution in [0.4, 0.5) is 4.39 Å². The zero-order valence-electron chi connectivity index (χ0n) is 9.72. The second kappa shape index (κ2) is 4.77. The van der Waals surface area contributed by atoms with Crippen molar-refractivity contribution < 1.29 is 14.3 Å². The van der Waals surface area contributed by atoms with Crippen LogP contribution in [-0.2, 0) is 7.05 Å². The fraction of sp³-hybridized carbons (Fsp3) is 0.182. The number of aromatic carboxylic acids is 1. The number of hydrogen-bond acceptors (Lipinski definition) is 4. The van der Waals surface area contributed by atoms with E-state index in [1.54, 1.807) is 18.5 Å². The van der Waals surface area contributed by atoms with Gasteiger partial charge in [0.25, 0.3) is 0 Å². The molecule has 1 heterocycles. The smallest absolute Gasteiger partial charge is 0.336 e. The van der Waals surface area contributed by atoms with Crippen LogP contribution in [-0.4, -0.2) is 25.8 Å². The molecular formula is C11H10FN3O2S. The van der Waals surface area contributed by atoms with Gasteiger partial charge in [-0.05, 0) is 30.8 Å².